The molecular weight excluding hydrogens is 220 g/mol. The topological polar surface area (TPSA) is 15.3 Å². The molecule has 1 unspecified atom stereocenters. The molecule has 100 valence electrons. The standard InChI is InChI=1S/C16H26N2/c1-13(2)11-17-12-15-8-4-5-9-16(15)18-10-6-7-14(18)3/h4-5,8-9,13-14,17H,6-7,10-12H2,1-3H3. The van der Waals surface area contributed by atoms with Crippen LogP contribution in [0.4, 0.5) is 5.69 Å². The van der Waals surface area contributed by atoms with E-state index in [4.69, 9.17) is 0 Å². The lowest BCUT2D eigenvalue weighted by atomic mass is 10.1. The van der Waals surface area contributed by atoms with Crippen LogP contribution in [0.1, 0.15) is 39.2 Å². The Morgan fingerprint density at radius 3 is 2.78 bits per heavy atom. The van der Waals surface area contributed by atoms with Crippen LogP contribution >= 0.6 is 0 Å². The SMILES string of the molecule is CC(C)CNCc1ccccc1N1CCCC1C. The summed E-state index contributed by atoms with van der Waals surface area (Å²) < 4.78 is 0. The Hall–Kier alpha value is -1.02. The summed E-state index contributed by atoms with van der Waals surface area (Å²) in [6, 6.07) is 9.53. The van der Waals surface area contributed by atoms with Crippen LogP contribution in [0.15, 0.2) is 24.3 Å². The van der Waals surface area contributed by atoms with Crippen LogP contribution in [0.25, 0.3) is 0 Å². The third-order valence-corrected chi connectivity index (χ3v) is 3.72. The second kappa shape index (κ2) is 6.24. The maximum absolute atomic E-state index is 3.55. The number of hydrogen-bond donors (Lipinski definition) is 1. The van der Waals surface area contributed by atoms with Gasteiger partial charge in [0, 0.05) is 24.8 Å². The number of nitrogens with zero attached hydrogens (tertiary/aromatic N) is 1. The Morgan fingerprint density at radius 1 is 1.33 bits per heavy atom. The van der Waals surface area contributed by atoms with Crippen molar-refractivity contribution in [2.75, 3.05) is 18.0 Å². The van der Waals surface area contributed by atoms with Crippen LogP contribution in [0.3, 0.4) is 0 Å². The Bertz CT molecular complexity index is 373. The molecule has 1 aromatic carbocycles. The maximum Gasteiger partial charge on any atom is 0.0414 e. The molecule has 1 aliphatic heterocycles. The van der Waals surface area contributed by atoms with Gasteiger partial charge in [-0.15, -0.1) is 0 Å². The predicted molar refractivity (Wildman–Crippen MR) is 79.0 cm³/mol. The Labute approximate surface area is 111 Å². The van der Waals surface area contributed by atoms with E-state index in [-0.39, 0.29) is 0 Å². The molecule has 1 fully saturated rings. The molecule has 1 saturated heterocycles. The summed E-state index contributed by atoms with van der Waals surface area (Å²) in [5.41, 5.74) is 2.87. The number of rotatable bonds is 5. The molecule has 0 radical (unpaired) electrons. The Balaban J connectivity index is 2.05. The minimum atomic E-state index is 0.691. The average molecular weight is 246 g/mol. The van der Waals surface area contributed by atoms with Crippen molar-refractivity contribution in [1.82, 2.24) is 5.32 Å². The first-order valence-electron chi connectivity index (χ1n) is 7.23. The molecule has 1 atom stereocenters. The van der Waals surface area contributed by atoms with E-state index in [0.717, 1.165) is 13.1 Å². The summed E-state index contributed by atoms with van der Waals surface area (Å²) in [7, 11) is 0. The lowest BCUT2D eigenvalue weighted by molar-refractivity contribution is 0.551. The Morgan fingerprint density at radius 2 is 2.11 bits per heavy atom. The van der Waals surface area contributed by atoms with Gasteiger partial charge in [-0.2, -0.15) is 0 Å². The normalized spacial score (nSPS) is 19.8. The minimum Gasteiger partial charge on any atom is -0.369 e. The van der Waals surface area contributed by atoms with Crippen molar-refractivity contribution in [2.24, 2.45) is 5.92 Å². The van der Waals surface area contributed by atoms with Crippen LogP contribution in [0, 0.1) is 5.92 Å². The second-order valence-corrected chi connectivity index (χ2v) is 5.84. The van der Waals surface area contributed by atoms with Gasteiger partial charge >= 0.3 is 0 Å². The first-order valence-corrected chi connectivity index (χ1v) is 7.23. The first-order chi connectivity index (χ1) is 8.68. The van der Waals surface area contributed by atoms with Gasteiger partial charge in [0.15, 0.2) is 0 Å². The summed E-state index contributed by atoms with van der Waals surface area (Å²) in [5.74, 6) is 0.711. The molecule has 0 aromatic heterocycles. The smallest absolute Gasteiger partial charge is 0.0414 e. The van der Waals surface area contributed by atoms with Gasteiger partial charge in [0.05, 0.1) is 0 Å². The molecule has 1 aromatic rings. The fourth-order valence-corrected chi connectivity index (χ4v) is 2.73. The second-order valence-electron chi connectivity index (χ2n) is 5.84. The molecule has 18 heavy (non-hydrogen) atoms. The van der Waals surface area contributed by atoms with E-state index in [1.165, 1.54) is 30.6 Å². The molecule has 2 nitrogen and oxygen atoms in total. The zero-order valence-electron chi connectivity index (χ0n) is 11.9. The minimum absolute atomic E-state index is 0.691. The van der Waals surface area contributed by atoms with Gasteiger partial charge < -0.3 is 10.2 Å². The average Bonchev–Trinajstić information content (AvgIpc) is 2.76. The summed E-state index contributed by atoms with van der Waals surface area (Å²) in [6.07, 6.45) is 2.66. The van der Waals surface area contributed by atoms with E-state index in [0.29, 0.717) is 12.0 Å². The van der Waals surface area contributed by atoms with E-state index in [2.05, 4.69) is 55.3 Å². The molecule has 1 N–H and O–H groups in total. The van der Waals surface area contributed by atoms with Crippen LogP contribution in [-0.4, -0.2) is 19.1 Å². The van der Waals surface area contributed by atoms with Gasteiger partial charge in [0.1, 0.15) is 0 Å². The van der Waals surface area contributed by atoms with E-state index in [1.54, 1.807) is 0 Å². The third-order valence-electron chi connectivity index (χ3n) is 3.72. The molecule has 1 heterocycles. The monoisotopic (exact) mass is 246 g/mol. The van der Waals surface area contributed by atoms with E-state index in [1.807, 2.05) is 0 Å². The zero-order valence-corrected chi connectivity index (χ0v) is 11.9. The summed E-state index contributed by atoms with van der Waals surface area (Å²) in [6.45, 7) is 10.1. The van der Waals surface area contributed by atoms with Crippen molar-refractivity contribution in [3.05, 3.63) is 29.8 Å². The van der Waals surface area contributed by atoms with Crippen molar-refractivity contribution in [3.8, 4) is 0 Å². The highest BCUT2D eigenvalue weighted by Gasteiger charge is 2.21. The predicted octanol–water partition coefficient (Wildman–Crippen LogP) is 3.42. The first kappa shape index (κ1) is 13.4. The van der Waals surface area contributed by atoms with Gasteiger partial charge in [0.2, 0.25) is 0 Å². The summed E-state index contributed by atoms with van der Waals surface area (Å²) >= 11 is 0. The van der Waals surface area contributed by atoms with E-state index >= 15 is 0 Å². The number of hydrogen-bond acceptors (Lipinski definition) is 2. The number of benzene rings is 1. The van der Waals surface area contributed by atoms with Crippen LogP contribution in [0.5, 0.6) is 0 Å². The van der Waals surface area contributed by atoms with Crippen molar-refractivity contribution in [2.45, 2.75) is 46.2 Å². The van der Waals surface area contributed by atoms with Crippen molar-refractivity contribution in [1.29, 1.82) is 0 Å². The largest absolute Gasteiger partial charge is 0.369 e. The molecular formula is C16H26N2. The third kappa shape index (κ3) is 3.26. The van der Waals surface area contributed by atoms with Crippen LogP contribution < -0.4 is 10.2 Å². The fraction of sp³-hybridized carbons (Fsp3) is 0.625. The summed E-state index contributed by atoms with van der Waals surface area (Å²) in [4.78, 5) is 2.56. The Kier molecular flexibility index (Phi) is 4.65. The van der Waals surface area contributed by atoms with Crippen molar-refractivity contribution in [3.63, 3.8) is 0 Å². The van der Waals surface area contributed by atoms with Crippen molar-refractivity contribution < 1.29 is 0 Å². The molecule has 0 aliphatic carbocycles. The molecule has 0 amide bonds. The van der Waals surface area contributed by atoms with E-state index < -0.39 is 0 Å². The lowest BCUT2D eigenvalue weighted by Gasteiger charge is -2.26. The molecule has 0 bridgehead atoms. The molecule has 0 spiro atoms. The van der Waals surface area contributed by atoms with Crippen LogP contribution in [-0.2, 0) is 6.54 Å². The molecule has 2 rings (SSSR count). The quantitative estimate of drug-likeness (QED) is 0.856. The van der Waals surface area contributed by atoms with Gasteiger partial charge in [0.25, 0.3) is 0 Å². The van der Waals surface area contributed by atoms with Gasteiger partial charge in [-0.1, -0.05) is 32.0 Å². The highest BCUT2D eigenvalue weighted by Crippen LogP contribution is 2.28. The van der Waals surface area contributed by atoms with Gasteiger partial charge in [-0.05, 0) is 43.9 Å². The molecule has 2 heteroatoms. The van der Waals surface area contributed by atoms with Gasteiger partial charge in [-0.25, -0.2) is 0 Å². The maximum atomic E-state index is 3.55. The fourth-order valence-electron chi connectivity index (χ4n) is 2.73. The number of nitrogens with one attached hydrogen (secondary N) is 1. The highest BCUT2D eigenvalue weighted by molar-refractivity contribution is 5.55. The number of para-hydroxylation sites is 1. The van der Waals surface area contributed by atoms with Gasteiger partial charge in [-0.3, -0.25) is 0 Å². The van der Waals surface area contributed by atoms with E-state index in [9.17, 15) is 0 Å². The molecule has 0 saturated carbocycles. The zero-order chi connectivity index (χ0) is 13.0. The lowest BCUT2D eigenvalue weighted by Crippen LogP contribution is -2.28. The van der Waals surface area contributed by atoms with Crippen molar-refractivity contribution >= 4 is 5.69 Å². The summed E-state index contributed by atoms with van der Waals surface area (Å²) in [5, 5.41) is 3.55. The van der Waals surface area contributed by atoms with Crippen LogP contribution in [0.2, 0.25) is 0 Å². The highest BCUT2D eigenvalue weighted by atomic mass is 15.2. The number of anilines is 1. The molecule has 1 aliphatic rings.